The number of sulfonamides is 1. The highest BCUT2D eigenvalue weighted by Crippen LogP contribution is 2.21. The fraction of sp³-hybridized carbons (Fsp3) is 0.611. The zero-order valence-electron chi connectivity index (χ0n) is 16.3. The molecule has 1 unspecified atom stereocenters. The number of nitrogens with zero attached hydrogens (tertiary/aromatic N) is 2. The second kappa shape index (κ2) is 11.7. The number of halogens is 1. The van der Waals surface area contributed by atoms with Crippen molar-refractivity contribution >= 4 is 40.0 Å². The SMILES string of the molecule is CN=C(NCCC(C)c1ccc(OC)cc1)NCCN1CCCS1(=O)=O.I. The Labute approximate surface area is 180 Å². The first-order valence-corrected chi connectivity index (χ1v) is 10.6. The van der Waals surface area contributed by atoms with Gasteiger partial charge in [0, 0.05) is 33.2 Å². The lowest BCUT2D eigenvalue weighted by atomic mass is 9.98. The fourth-order valence-corrected chi connectivity index (χ4v) is 4.50. The van der Waals surface area contributed by atoms with Gasteiger partial charge in [-0.1, -0.05) is 19.1 Å². The number of ether oxygens (including phenoxy) is 1. The molecule has 1 aliphatic heterocycles. The lowest BCUT2D eigenvalue weighted by molar-refractivity contribution is 0.414. The molecule has 0 bridgehead atoms. The van der Waals surface area contributed by atoms with Crippen LogP contribution in [-0.4, -0.2) is 64.8 Å². The van der Waals surface area contributed by atoms with Crippen molar-refractivity contribution in [3.63, 3.8) is 0 Å². The quantitative estimate of drug-likeness (QED) is 0.318. The molecule has 0 radical (unpaired) electrons. The van der Waals surface area contributed by atoms with Crippen molar-refractivity contribution < 1.29 is 13.2 Å². The van der Waals surface area contributed by atoms with Gasteiger partial charge >= 0.3 is 0 Å². The smallest absolute Gasteiger partial charge is 0.214 e. The minimum atomic E-state index is -3.03. The summed E-state index contributed by atoms with van der Waals surface area (Å²) in [5.74, 6) is 2.25. The van der Waals surface area contributed by atoms with Crippen LogP contribution in [0.2, 0.25) is 0 Å². The lowest BCUT2D eigenvalue weighted by Crippen LogP contribution is -2.42. The topological polar surface area (TPSA) is 83.0 Å². The van der Waals surface area contributed by atoms with Gasteiger partial charge in [-0.05, 0) is 36.5 Å². The van der Waals surface area contributed by atoms with Crippen LogP contribution in [0.4, 0.5) is 0 Å². The van der Waals surface area contributed by atoms with E-state index in [0.29, 0.717) is 31.5 Å². The van der Waals surface area contributed by atoms with Crippen molar-refractivity contribution in [1.82, 2.24) is 14.9 Å². The minimum absolute atomic E-state index is 0. The highest BCUT2D eigenvalue weighted by Gasteiger charge is 2.27. The van der Waals surface area contributed by atoms with E-state index in [1.54, 1.807) is 18.5 Å². The first-order chi connectivity index (χ1) is 12.5. The van der Waals surface area contributed by atoms with Gasteiger partial charge in [-0.2, -0.15) is 0 Å². The number of guanidine groups is 1. The number of aliphatic imine (C=N–C) groups is 1. The average Bonchev–Trinajstić information content (AvgIpc) is 2.98. The molecule has 0 amide bonds. The summed E-state index contributed by atoms with van der Waals surface area (Å²) in [5.41, 5.74) is 1.27. The summed E-state index contributed by atoms with van der Waals surface area (Å²) in [6.07, 6.45) is 1.69. The van der Waals surface area contributed by atoms with Crippen LogP contribution >= 0.6 is 24.0 Å². The van der Waals surface area contributed by atoms with Gasteiger partial charge in [0.25, 0.3) is 0 Å². The van der Waals surface area contributed by atoms with Gasteiger partial charge in [0.2, 0.25) is 10.0 Å². The monoisotopic (exact) mass is 510 g/mol. The third kappa shape index (κ3) is 7.46. The number of hydrogen-bond acceptors (Lipinski definition) is 4. The molecule has 2 rings (SSSR count). The molecular weight excluding hydrogens is 479 g/mol. The molecule has 27 heavy (non-hydrogen) atoms. The van der Waals surface area contributed by atoms with Crippen LogP contribution in [0.1, 0.15) is 31.2 Å². The molecule has 9 heteroatoms. The normalized spacial score (nSPS) is 17.8. The predicted octanol–water partition coefficient (Wildman–Crippen LogP) is 2.01. The third-order valence-corrected chi connectivity index (χ3v) is 6.59. The van der Waals surface area contributed by atoms with Gasteiger partial charge in [-0.15, -0.1) is 24.0 Å². The summed E-state index contributed by atoms with van der Waals surface area (Å²) >= 11 is 0. The van der Waals surface area contributed by atoms with Crippen LogP contribution < -0.4 is 15.4 Å². The summed E-state index contributed by atoms with van der Waals surface area (Å²) in [7, 11) is 0.352. The number of methoxy groups -OCH3 is 1. The van der Waals surface area contributed by atoms with Crippen LogP contribution in [0.15, 0.2) is 29.3 Å². The van der Waals surface area contributed by atoms with Crippen LogP contribution in [-0.2, 0) is 10.0 Å². The van der Waals surface area contributed by atoms with Crippen LogP contribution in [0, 0.1) is 0 Å². The zero-order valence-corrected chi connectivity index (χ0v) is 19.4. The summed E-state index contributed by atoms with van der Waals surface area (Å²) in [6, 6.07) is 8.14. The van der Waals surface area contributed by atoms with Crippen molar-refractivity contribution in [2.75, 3.05) is 46.1 Å². The molecule has 1 heterocycles. The van der Waals surface area contributed by atoms with E-state index in [1.165, 1.54) is 5.56 Å². The molecule has 154 valence electrons. The highest BCUT2D eigenvalue weighted by molar-refractivity contribution is 14.0. The van der Waals surface area contributed by atoms with Gasteiger partial charge in [0.05, 0.1) is 12.9 Å². The molecule has 1 aliphatic rings. The van der Waals surface area contributed by atoms with Crippen molar-refractivity contribution in [3.8, 4) is 5.75 Å². The van der Waals surface area contributed by atoms with Gasteiger partial charge in [-0.25, -0.2) is 12.7 Å². The van der Waals surface area contributed by atoms with E-state index >= 15 is 0 Å². The molecule has 7 nitrogen and oxygen atoms in total. The Morgan fingerprint density at radius 3 is 2.48 bits per heavy atom. The maximum absolute atomic E-state index is 11.8. The van der Waals surface area contributed by atoms with Crippen LogP contribution in [0.25, 0.3) is 0 Å². The number of nitrogens with one attached hydrogen (secondary N) is 2. The molecule has 0 aromatic heterocycles. The Morgan fingerprint density at radius 1 is 1.26 bits per heavy atom. The van der Waals surface area contributed by atoms with Gasteiger partial charge in [0.15, 0.2) is 5.96 Å². The van der Waals surface area contributed by atoms with E-state index in [1.807, 2.05) is 12.1 Å². The van der Waals surface area contributed by atoms with Crippen molar-refractivity contribution in [3.05, 3.63) is 29.8 Å². The second-order valence-electron chi connectivity index (χ2n) is 6.46. The molecule has 2 N–H and O–H groups in total. The average molecular weight is 510 g/mol. The third-order valence-electron chi connectivity index (χ3n) is 4.64. The van der Waals surface area contributed by atoms with Gasteiger partial charge in [-0.3, -0.25) is 4.99 Å². The minimum Gasteiger partial charge on any atom is -0.497 e. The lowest BCUT2D eigenvalue weighted by Gasteiger charge is -2.17. The first-order valence-electron chi connectivity index (χ1n) is 9.02. The Balaban J connectivity index is 0.00000364. The van der Waals surface area contributed by atoms with E-state index in [-0.39, 0.29) is 29.7 Å². The molecule has 1 fully saturated rings. The Morgan fingerprint density at radius 2 is 1.93 bits per heavy atom. The molecule has 1 atom stereocenters. The maximum Gasteiger partial charge on any atom is 0.214 e. The molecular formula is C18H31IN4O3S. The molecule has 0 spiro atoms. The first kappa shape index (κ1) is 24.0. The number of rotatable bonds is 8. The van der Waals surface area contributed by atoms with Crippen molar-refractivity contribution in [1.29, 1.82) is 0 Å². The number of benzene rings is 1. The molecule has 0 saturated carbocycles. The molecule has 1 saturated heterocycles. The van der Waals surface area contributed by atoms with E-state index in [9.17, 15) is 8.42 Å². The molecule has 1 aromatic rings. The summed E-state index contributed by atoms with van der Waals surface area (Å²) in [6.45, 7) is 4.63. The fourth-order valence-electron chi connectivity index (χ4n) is 2.97. The van der Waals surface area contributed by atoms with Gasteiger partial charge in [0.1, 0.15) is 5.75 Å². The van der Waals surface area contributed by atoms with E-state index < -0.39 is 10.0 Å². The van der Waals surface area contributed by atoms with Crippen molar-refractivity contribution in [2.45, 2.75) is 25.7 Å². The second-order valence-corrected chi connectivity index (χ2v) is 8.55. The Hall–Kier alpha value is -1.07. The summed E-state index contributed by atoms with van der Waals surface area (Å²) in [5, 5.41) is 6.46. The Kier molecular flexibility index (Phi) is 10.4. The number of hydrogen-bond donors (Lipinski definition) is 2. The van der Waals surface area contributed by atoms with E-state index in [4.69, 9.17) is 4.74 Å². The van der Waals surface area contributed by atoms with Crippen LogP contribution in [0.3, 0.4) is 0 Å². The molecule has 1 aromatic carbocycles. The maximum atomic E-state index is 11.8. The Bertz CT molecular complexity index is 695. The summed E-state index contributed by atoms with van der Waals surface area (Å²) in [4.78, 5) is 4.19. The highest BCUT2D eigenvalue weighted by atomic mass is 127. The van der Waals surface area contributed by atoms with Gasteiger partial charge < -0.3 is 15.4 Å². The largest absolute Gasteiger partial charge is 0.497 e. The van der Waals surface area contributed by atoms with E-state index in [0.717, 1.165) is 25.1 Å². The zero-order chi connectivity index (χ0) is 19.0. The predicted molar refractivity (Wildman–Crippen MR) is 121 cm³/mol. The van der Waals surface area contributed by atoms with Crippen LogP contribution in [0.5, 0.6) is 5.75 Å². The summed E-state index contributed by atoms with van der Waals surface area (Å²) < 4.78 is 30.3. The molecule has 0 aliphatic carbocycles. The standard InChI is InChI=1S/C18H30N4O3S.HI/c1-15(16-5-7-17(25-3)8-6-16)9-10-20-18(19-2)21-11-13-22-12-4-14-26(22,23)24;/h5-8,15H,4,9-14H2,1-3H3,(H2,19,20,21);1H. The van der Waals surface area contributed by atoms with E-state index in [2.05, 4.69) is 34.7 Å². The van der Waals surface area contributed by atoms with Crippen molar-refractivity contribution in [2.24, 2.45) is 4.99 Å².